The quantitative estimate of drug-likeness (QED) is 0.650. The molecular formula is C20H23F3N4O4S. The lowest BCUT2D eigenvalue weighted by Gasteiger charge is -2.33. The second-order valence-corrected chi connectivity index (χ2v) is 9.20. The smallest absolute Gasteiger partial charge is 0.356 e. The van der Waals surface area contributed by atoms with E-state index in [0.717, 1.165) is 16.7 Å². The number of nitrogens with one attached hydrogen (secondary N) is 1. The summed E-state index contributed by atoms with van der Waals surface area (Å²) in [4.78, 5) is 23.0. The Morgan fingerprint density at radius 2 is 1.78 bits per heavy atom. The molecule has 1 N–H and O–H groups in total. The van der Waals surface area contributed by atoms with E-state index in [-0.39, 0.29) is 16.8 Å². The Morgan fingerprint density at radius 1 is 1.16 bits per heavy atom. The number of rotatable bonds is 6. The second-order valence-electron chi connectivity index (χ2n) is 7.26. The number of hydroxylamine groups is 1. The van der Waals surface area contributed by atoms with Gasteiger partial charge in [0.2, 0.25) is 0 Å². The van der Waals surface area contributed by atoms with Gasteiger partial charge in [-0.05, 0) is 49.2 Å². The van der Waals surface area contributed by atoms with Gasteiger partial charge in [-0.3, -0.25) is 9.63 Å². The van der Waals surface area contributed by atoms with Crippen LogP contribution in [0.25, 0.3) is 0 Å². The molecular weight excluding hydrogens is 449 g/mol. The Bertz CT molecular complexity index is 1040. The molecule has 0 radical (unpaired) electrons. The molecule has 174 valence electrons. The van der Waals surface area contributed by atoms with Gasteiger partial charge in [0, 0.05) is 37.9 Å². The van der Waals surface area contributed by atoms with Crippen LogP contribution in [0, 0.1) is 0 Å². The van der Waals surface area contributed by atoms with Crippen molar-refractivity contribution in [3.63, 3.8) is 0 Å². The molecule has 0 bridgehead atoms. The highest BCUT2D eigenvalue weighted by molar-refractivity contribution is 7.89. The molecule has 3 rings (SSSR count). The maximum atomic E-state index is 12.7. The van der Waals surface area contributed by atoms with Crippen molar-refractivity contribution >= 4 is 21.7 Å². The molecule has 0 atom stereocenters. The first kappa shape index (κ1) is 24.0. The first-order valence-corrected chi connectivity index (χ1v) is 11.2. The Balaban J connectivity index is 1.55. The summed E-state index contributed by atoms with van der Waals surface area (Å²) in [5.41, 5.74) is -0.480. The topological polar surface area (TPSA) is 91.8 Å². The summed E-state index contributed by atoms with van der Waals surface area (Å²) in [7, 11) is -1.30. The fourth-order valence-electron chi connectivity index (χ4n) is 3.29. The van der Waals surface area contributed by atoms with Crippen molar-refractivity contribution in [3.05, 3.63) is 53.7 Å². The van der Waals surface area contributed by atoms with E-state index in [1.165, 1.54) is 44.5 Å². The summed E-state index contributed by atoms with van der Waals surface area (Å²) >= 11 is 0. The number of nitrogens with zero attached hydrogens (tertiary/aromatic N) is 3. The van der Waals surface area contributed by atoms with Crippen molar-refractivity contribution in [1.82, 2.24) is 14.8 Å². The molecule has 1 saturated heterocycles. The molecule has 2 aromatic rings. The third kappa shape index (κ3) is 5.37. The Labute approximate surface area is 184 Å². The minimum Gasteiger partial charge on any atom is -0.356 e. The molecule has 0 saturated carbocycles. The highest BCUT2D eigenvalue weighted by Crippen LogP contribution is 2.29. The van der Waals surface area contributed by atoms with Crippen LogP contribution in [-0.2, 0) is 21.0 Å². The number of piperidine rings is 1. The van der Waals surface area contributed by atoms with Gasteiger partial charge < -0.3 is 10.2 Å². The molecule has 32 heavy (non-hydrogen) atoms. The van der Waals surface area contributed by atoms with E-state index in [4.69, 9.17) is 4.84 Å². The highest BCUT2D eigenvalue weighted by atomic mass is 32.2. The molecule has 1 amide bonds. The van der Waals surface area contributed by atoms with Crippen LogP contribution in [0.5, 0.6) is 0 Å². The van der Waals surface area contributed by atoms with Gasteiger partial charge in [-0.15, -0.1) is 0 Å². The molecule has 1 aromatic heterocycles. The normalized spacial score (nSPS) is 15.8. The summed E-state index contributed by atoms with van der Waals surface area (Å²) in [6.45, 7) is 1.06. The average Bonchev–Trinajstić information content (AvgIpc) is 2.78. The number of anilines is 1. The largest absolute Gasteiger partial charge is 0.417 e. The minimum absolute atomic E-state index is 0.00394. The molecule has 0 spiro atoms. The Kier molecular flexibility index (Phi) is 7.06. The summed E-state index contributed by atoms with van der Waals surface area (Å²) in [6.07, 6.45) is -2.42. The van der Waals surface area contributed by atoms with Crippen molar-refractivity contribution in [2.24, 2.45) is 0 Å². The van der Waals surface area contributed by atoms with Gasteiger partial charge in [-0.1, -0.05) is 4.47 Å². The van der Waals surface area contributed by atoms with Crippen molar-refractivity contribution in [3.8, 4) is 0 Å². The Hall–Kier alpha value is -2.70. The van der Waals surface area contributed by atoms with Crippen molar-refractivity contribution in [2.75, 3.05) is 32.1 Å². The predicted molar refractivity (Wildman–Crippen MR) is 110 cm³/mol. The number of halogens is 3. The number of pyridine rings is 1. The molecule has 1 aliphatic rings. The van der Waals surface area contributed by atoms with Gasteiger partial charge in [0.15, 0.2) is 0 Å². The van der Waals surface area contributed by atoms with Crippen molar-refractivity contribution < 1.29 is 31.2 Å². The number of hydrogen-bond donors (Lipinski definition) is 1. The molecule has 1 aliphatic heterocycles. The zero-order valence-corrected chi connectivity index (χ0v) is 18.3. The van der Waals surface area contributed by atoms with Gasteiger partial charge >= 0.3 is 6.18 Å². The summed E-state index contributed by atoms with van der Waals surface area (Å²) < 4.78 is 63.2. The lowest BCUT2D eigenvalue weighted by atomic mass is 10.0. The van der Waals surface area contributed by atoms with E-state index < -0.39 is 21.8 Å². The number of carbonyl (C=O) groups excluding carboxylic acids is 1. The number of sulfonamides is 1. The van der Waals surface area contributed by atoms with Crippen LogP contribution < -0.4 is 10.2 Å². The zero-order chi connectivity index (χ0) is 23.5. The van der Waals surface area contributed by atoms with E-state index in [9.17, 15) is 26.4 Å². The van der Waals surface area contributed by atoms with Gasteiger partial charge in [0.1, 0.15) is 5.82 Å². The second kappa shape index (κ2) is 9.43. The molecule has 1 fully saturated rings. The van der Waals surface area contributed by atoms with Gasteiger partial charge in [-0.25, -0.2) is 13.4 Å². The van der Waals surface area contributed by atoms with Crippen LogP contribution in [0.4, 0.5) is 19.0 Å². The molecule has 12 heteroatoms. The number of amides is 1. The van der Waals surface area contributed by atoms with Crippen LogP contribution in [-0.4, -0.2) is 57.1 Å². The standard InChI is InChI=1S/C20H23F3N4O4S/c1-26(31-2)32(29,30)17-6-3-14(4-7-17)19(28)25-16-9-11-27(12-10-16)18-8-5-15(13-24-18)20(21,22)23/h3-8,13,16H,9-12H2,1-2H3,(H,25,28). The SMILES string of the molecule is CON(C)S(=O)(=O)c1ccc(C(=O)NC2CCN(c3ccc(C(F)(F)F)cn3)CC2)cc1. The van der Waals surface area contributed by atoms with Crippen molar-refractivity contribution in [1.29, 1.82) is 0 Å². The molecule has 2 heterocycles. The van der Waals surface area contributed by atoms with Gasteiger partial charge in [0.25, 0.3) is 15.9 Å². The van der Waals surface area contributed by atoms with E-state index in [2.05, 4.69) is 10.3 Å². The predicted octanol–water partition coefficient (Wildman–Crippen LogP) is 2.68. The maximum Gasteiger partial charge on any atom is 0.417 e. The van der Waals surface area contributed by atoms with E-state index >= 15 is 0 Å². The van der Waals surface area contributed by atoms with Gasteiger partial charge in [0.05, 0.1) is 17.6 Å². The maximum absolute atomic E-state index is 12.7. The molecule has 0 unspecified atom stereocenters. The van der Waals surface area contributed by atoms with Crippen LogP contribution in [0.15, 0.2) is 47.5 Å². The number of hydrogen-bond acceptors (Lipinski definition) is 6. The lowest BCUT2D eigenvalue weighted by molar-refractivity contribution is -0.137. The third-order valence-electron chi connectivity index (χ3n) is 5.24. The van der Waals surface area contributed by atoms with Crippen LogP contribution >= 0.6 is 0 Å². The number of carbonyl (C=O) groups is 1. The fraction of sp³-hybridized carbons (Fsp3) is 0.400. The number of aromatic nitrogens is 1. The summed E-state index contributed by atoms with van der Waals surface area (Å²) in [5, 5.41) is 2.91. The first-order chi connectivity index (χ1) is 15.0. The zero-order valence-electron chi connectivity index (χ0n) is 17.5. The van der Waals surface area contributed by atoms with E-state index in [1.54, 1.807) is 0 Å². The first-order valence-electron chi connectivity index (χ1n) is 9.74. The fourth-order valence-corrected chi connectivity index (χ4v) is 4.26. The lowest BCUT2D eigenvalue weighted by Crippen LogP contribution is -2.45. The van der Waals surface area contributed by atoms with Crippen LogP contribution in [0.2, 0.25) is 0 Å². The van der Waals surface area contributed by atoms with Crippen LogP contribution in [0.1, 0.15) is 28.8 Å². The minimum atomic E-state index is -4.43. The molecule has 0 aliphatic carbocycles. The van der Waals surface area contributed by atoms with Crippen LogP contribution in [0.3, 0.4) is 0 Å². The van der Waals surface area contributed by atoms with Crippen molar-refractivity contribution in [2.45, 2.75) is 30.0 Å². The monoisotopic (exact) mass is 472 g/mol. The average molecular weight is 472 g/mol. The van der Waals surface area contributed by atoms with E-state index in [0.29, 0.717) is 37.3 Å². The highest BCUT2D eigenvalue weighted by Gasteiger charge is 2.31. The number of benzene rings is 1. The van der Waals surface area contributed by atoms with Gasteiger partial charge in [-0.2, -0.15) is 13.2 Å². The molecule has 8 nitrogen and oxygen atoms in total. The summed E-state index contributed by atoms with van der Waals surface area (Å²) in [6, 6.07) is 7.75. The third-order valence-corrected chi connectivity index (χ3v) is 6.93. The summed E-state index contributed by atoms with van der Waals surface area (Å²) in [5.74, 6) is 0.126. The molecule has 1 aromatic carbocycles. The Morgan fingerprint density at radius 3 is 2.28 bits per heavy atom. The number of alkyl halides is 3. The van der Waals surface area contributed by atoms with E-state index in [1.807, 2.05) is 4.90 Å².